The van der Waals surface area contributed by atoms with E-state index in [-0.39, 0.29) is 10.9 Å². The minimum Gasteiger partial charge on any atom is -0.406 e. The number of pyridine rings is 1. The molecule has 24 heavy (non-hydrogen) atoms. The largest absolute Gasteiger partial charge is 0.573 e. The van der Waals surface area contributed by atoms with E-state index < -0.39 is 6.36 Å². The summed E-state index contributed by atoms with van der Waals surface area (Å²) >= 11 is 5.95. The van der Waals surface area contributed by atoms with Crippen molar-refractivity contribution in [2.75, 3.05) is 0 Å². The van der Waals surface area contributed by atoms with Gasteiger partial charge in [-0.25, -0.2) is 15.0 Å². The van der Waals surface area contributed by atoms with Crippen LogP contribution in [0.4, 0.5) is 13.2 Å². The van der Waals surface area contributed by atoms with Gasteiger partial charge in [0.1, 0.15) is 17.6 Å². The lowest BCUT2D eigenvalue weighted by atomic mass is 10.1. The van der Waals surface area contributed by atoms with Crippen molar-refractivity contribution in [1.29, 1.82) is 0 Å². The number of fused-ring (bicyclic) bond motifs is 1. The topological polar surface area (TPSA) is 47.9 Å². The third-order valence-electron chi connectivity index (χ3n) is 2.80. The van der Waals surface area contributed by atoms with Crippen LogP contribution in [0.1, 0.15) is 13.8 Å². The van der Waals surface area contributed by atoms with Gasteiger partial charge in [0.15, 0.2) is 5.15 Å². The van der Waals surface area contributed by atoms with E-state index >= 15 is 0 Å². The standard InChI is InChI=1S/C14H7ClF3N3O.C2H6/c15-13-12-11(19-7-20-13)5-4-10(21-12)8-2-1-3-9(6-8)22-14(16,17)18;1-2/h1-7H;1-2H3. The lowest BCUT2D eigenvalue weighted by molar-refractivity contribution is -0.274. The summed E-state index contributed by atoms with van der Waals surface area (Å²) in [5.41, 5.74) is 1.83. The van der Waals surface area contributed by atoms with Crippen LogP contribution in [0.2, 0.25) is 5.15 Å². The molecule has 3 aromatic rings. The number of hydrogen-bond acceptors (Lipinski definition) is 4. The maximum atomic E-state index is 12.3. The molecule has 2 aromatic heterocycles. The molecule has 0 aliphatic rings. The zero-order chi connectivity index (χ0) is 17.7. The minimum atomic E-state index is -4.74. The van der Waals surface area contributed by atoms with Crippen LogP contribution in [0.15, 0.2) is 42.7 Å². The second kappa shape index (κ2) is 7.44. The van der Waals surface area contributed by atoms with Gasteiger partial charge in [0.2, 0.25) is 0 Å². The molecule has 0 radical (unpaired) electrons. The highest BCUT2D eigenvalue weighted by atomic mass is 35.5. The summed E-state index contributed by atoms with van der Waals surface area (Å²) in [6.07, 6.45) is -3.43. The van der Waals surface area contributed by atoms with Crippen LogP contribution in [0, 0.1) is 0 Å². The first-order chi connectivity index (χ1) is 11.4. The average Bonchev–Trinajstić information content (AvgIpc) is 2.55. The Hall–Kier alpha value is -2.41. The van der Waals surface area contributed by atoms with E-state index in [4.69, 9.17) is 11.6 Å². The number of rotatable bonds is 2. The molecule has 2 heterocycles. The Bertz CT molecular complexity index is 840. The summed E-state index contributed by atoms with van der Waals surface area (Å²) < 4.78 is 40.7. The number of benzene rings is 1. The highest BCUT2D eigenvalue weighted by molar-refractivity contribution is 6.33. The van der Waals surface area contributed by atoms with Gasteiger partial charge in [-0.3, -0.25) is 0 Å². The lowest BCUT2D eigenvalue weighted by Crippen LogP contribution is -2.17. The smallest absolute Gasteiger partial charge is 0.406 e. The Morgan fingerprint density at radius 1 is 1.04 bits per heavy atom. The first-order valence-electron chi connectivity index (χ1n) is 7.06. The summed E-state index contributed by atoms with van der Waals surface area (Å²) in [5.74, 6) is -0.317. The van der Waals surface area contributed by atoms with Crippen LogP contribution >= 0.6 is 11.6 Å². The summed E-state index contributed by atoms with van der Waals surface area (Å²) in [6.45, 7) is 4.00. The molecular formula is C16H13ClF3N3O. The van der Waals surface area contributed by atoms with Crippen molar-refractivity contribution in [2.45, 2.75) is 20.2 Å². The number of hydrogen-bond donors (Lipinski definition) is 0. The molecule has 3 rings (SSSR count). The Morgan fingerprint density at radius 3 is 2.50 bits per heavy atom. The van der Waals surface area contributed by atoms with Crippen molar-refractivity contribution < 1.29 is 17.9 Å². The fourth-order valence-electron chi connectivity index (χ4n) is 1.92. The normalized spacial score (nSPS) is 10.9. The van der Waals surface area contributed by atoms with Crippen LogP contribution < -0.4 is 4.74 Å². The predicted molar refractivity (Wildman–Crippen MR) is 85.8 cm³/mol. The zero-order valence-corrected chi connectivity index (χ0v) is 13.6. The first-order valence-corrected chi connectivity index (χ1v) is 7.44. The van der Waals surface area contributed by atoms with Gasteiger partial charge in [0.05, 0.1) is 11.2 Å². The second-order valence-corrected chi connectivity index (χ2v) is 4.66. The first kappa shape index (κ1) is 17.9. The van der Waals surface area contributed by atoms with Gasteiger partial charge in [-0.15, -0.1) is 13.2 Å². The van der Waals surface area contributed by atoms with Crippen LogP contribution in [-0.4, -0.2) is 21.3 Å². The van der Waals surface area contributed by atoms with Crippen LogP contribution in [-0.2, 0) is 0 Å². The van der Waals surface area contributed by atoms with Crippen molar-refractivity contribution >= 4 is 22.6 Å². The molecule has 4 nitrogen and oxygen atoms in total. The second-order valence-electron chi connectivity index (χ2n) is 4.30. The molecule has 126 valence electrons. The molecule has 1 aromatic carbocycles. The van der Waals surface area contributed by atoms with Gasteiger partial charge in [-0.2, -0.15) is 0 Å². The number of aromatic nitrogens is 3. The van der Waals surface area contributed by atoms with E-state index in [1.54, 1.807) is 18.2 Å². The number of nitrogens with zero attached hydrogens (tertiary/aromatic N) is 3. The summed E-state index contributed by atoms with van der Waals surface area (Å²) in [5, 5.41) is 0.176. The molecule has 0 N–H and O–H groups in total. The van der Waals surface area contributed by atoms with E-state index in [0.717, 1.165) is 0 Å². The molecular weight excluding hydrogens is 343 g/mol. The summed E-state index contributed by atoms with van der Waals surface area (Å²) in [6, 6.07) is 8.84. The third-order valence-corrected chi connectivity index (χ3v) is 3.08. The van der Waals surface area contributed by atoms with Crippen molar-refractivity contribution in [2.24, 2.45) is 0 Å². The fourth-order valence-corrected chi connectivity index (χ4v) is 2.11. The molecule has 0 aliphatic heterocycles. The van der Waals surface area contributed by atoms with Crippen molar-refractivity contribution in [1.82, 2.24) is 15.0 Å². The molecule has 0 saturated heterocycles. The molecule has 0 aliphatic carbocycles. The lowest BCUT2D eigenvalue weighted by Gasteiger charge is -2.10. The minimum absolute atomic E-state index is 0.176. The third kappa shape index (κ3) is 4.32. The van der Waals surface area contributed by atoms with E-state index in [9.17, 15) is 13.2 Å². The molecule has 0 bridgehead atoms. The summed E-state index contributed by atoms with van der Waals surface area (Å²) in [4.78, 5) is 12.1. The number of ether oxygens (including phenoxy) is 1. The Balaban J connectivity index is 0.00000100. The van der Waals surface area contributed by atoms with Crippen LogP contribution in [0.25, 0.3) is 22.3 Å². The quantitative estimate of drug-likeness (QED) is 0.587. The SMILES string of the molecule is CC.FC(F)(F)Oc1cccc(-c2ccc3ncnc(Cl)c3n2)c1. The maximum Gasteiger partial charge on any atom is 0.573 e. The fraction of sp³-hybridized carbons (Fsp3) is 0.188. The van der Waals surface area contributed by atoms with Crippen molar-refractivity contribution in [3.05, 3.63) is 47.9 Å². The zero-order valence-electron chi connectivity index (χ0n) is 12.8. The van der Waals surface area contributed by atoms with Gasteiger partial charge >= 0.3 is 6.36 Å². The molecule has 0 spiro atoms. The van der Waals surface area contributed by atoms with Crippen molar-refractivity contribution in [3.63, 3.8) is 0 Å². The average molecular weight is 356 g/mol. The van der Waals surface area contributed by atoms with E-state index in [1.165, 1.54) is 24.5 Å². The summed E-state index contributed by atoms with van der Waals surface area (Å²) in [7, 11) is 0. The molecule has 0 amide bonds. The van der Waals surface area contributed by atoms with E-state index in [2.05, 4.69) is 19.7 Å². The highest BCUT2D eigenvalue weighted by Gasteiger charge is 2.31. The Morgan fingerprint density at radius 2 is 1.79 bits per heavy atom. The maximum absolute atomic E-state index is 12.3. The monoisotopic (exact) mass is 355 g/mol. The predicted octanol–water partition coefficient (Wildman–Crippen LogP) is 5.27. The molecule has 0 unspecified atom stereocenters. The highest BCUT2D eigenvalue weighted by Crippen LogP contribution is 2.28. The molecule has 0 saturated carbocycles. The van der Waals surface area contributed by atoms with Gasteiger partial charge in [-0.1, -0.05) is 37.6 Å². The van der Waals surface area contributed by atoms with Gasteiger partial charge in [0.25, 0.3) is 0 Å². The number of halogens is 4. The van der Waals surface area contributed by atoms with E-state index in [1.807, 2.05) is 13.8 Å². The molecule has 0 atom stereocenters. The number of alkyl halides is 3. The van der Waals surface area contributed by atoms with Gasteiger partial charge in [-0.05, 0) is 24.3 Å². The van der Waals surface area contributed by atoms with Crippen LogP contribution in [0.5, 0.6) is 5.75 Å². The van der Waals surface area contributed by atoms with Gasteiger partial charge in [0, 0.05) is 5.56 Å². The Kier molecular flexibility index (Phi) is 5.56. The van der Waals surface area contributed by atoms with Crippen molar-refractivity contribution in [3.8, 4) is 17.0 Å². The van der Waals surface area contributed by atoms with Crippen LogP contribution in [0.3, 0.4) is 0 Å². The molecule has 8 heteroatoms. The van der Waals surface area contributed by atoms with Gasteiger partial charge < -0.3 is 4.74 Å². The van der Waals surface area contributed by atoms with E-state index in [0.29, 0.717) is 22.3 Å². The molecule has 0 fully saturated rings. The Labute approximate surface area is 141 Å².